The zero-order valence-electron chi connectivity index (χ0n) is 25.7. The molecule has 3 rings (SSSR count). The average Bonchev–Trinajstić information content (AvgIpc) is 3.42. The largest absolute Gasteiger partial charge is 0.569 e. The molecule has 0 spiro atoms. The van der Waals surface area contributed by atoms with Gasteiger partial charge in [-0.2, -0.15) is 18.3 Å². The lowest BCUT2D eigenvalue weighted by Crippen LogP contribution is -2.45. The molecule has 0 saturated heterocycles. The van der Waals surface area contributed by atoms with Gasteiger partial charge in [0.1, 0.15) is 12.6 Å². The minimum absolute atomic E-state index is 0.0474. The lowest BCUT2D eigenvalue weighted by Gasteiger charge is -2.26. The predicted octanol–water partition coefficient (Wildman–Crippen LogP) is 4.96. The third-order valence-electron chi connectivity index (χ3n) is 6.46. The van der Waals surface area contributed by atoms with Crippen LogP contribution in [-0.4, -0.2) is 66.2 Å². The van der Waals surface area contributed by atoms with E-state index in [-0.39, 0.29) is 27.2 Å². The van der Waals surface area contributed by atoms with E-state index in [4.69, 9.17) is 14.3 Å². The van der Waals surface area contributed by atoms with Crippen LogP contribution < -0.4 is 4.72 Å². The Morgan fingerprint density at radius 2 is 1.72 bits per heavy atom. The summed E-state index contributed by atoms with van der Waals surface area (Å²) in [5.74, 6) is -0.951. The van der Waals surface area contributed by atoms with Gasteiger partial charge in [-0.15, -0.1) is 5.01 Å². The molecule has 0 bridgehead atoms. The number of likely N-dealkylation sites (N-methyl/N-ethyl adjacent to an activating group) is 1. The molecule has 14 nitrogen and oxygen atoms in total. The second-order valence-corrected chi connectivity index (χ2v) is 12.1. The second-order valence-electron chi connectivity index (χ2n) is 10.4. The van der Waals surface area contributed by atoms with Gasteiger partial charge in [0.25, 0.3) is 16.3 Å². The first kappa shape index (κ1) is 35.6. The number of sulfonamides is 1. The normalized spacial score (nSPS) is 13.6. The number of halogens is 3. The molecule has 0 fully saturated rings. The molecule has 0 aliphatic rings. The highest BCUT2D eigenvalue weighted by Gasteiger charge is 2.35. The summed E-state index contributed by atoms with van der Waals surface area (Å²) < 4.78 is 78.8. The topological polar surface area (TPSA) is 167 Å². The van der Waals surface area contributed by atoms with Crippen LogP contribution in [0.4, 0.5) is 18.0 Å². The number of rotatable bonds is 12. The highest BCUT2D eigenvalue weighted by molar-refractivity contribution is 7.90. The van der Waals surface area contributed by atoms with Crippen molar-refractivity contribution in [3.05, 3.63) is 71.1 Å². The van der Waals surface area contributed by atoms with Crippen LogP contribution in [0.5, 0.6) is 0 Å². The van der Waals surface area contributed by atoms with E-state index in [0.29, 0.717) is 5.56 Å². The molecule has 0 radical (unpaired) electrons. The fraction of sp³-hybridized carbons (Fsp3) is 0.393. The van der Waals surface area contributed by atoms with E-state index in [9.17, 15) is 36.4 Å². The number of aromatic nitrogens is 2. The van der Waals surface area contributed by atoms with Gasteiger partial charge in [-0.1, -0.05) is 43.7 Å². The Morgan fingerprint density at radius 3 is 2.26 bits per heavy atom. The van der Waals surface area contributed by atoms with Crippen molar-refractivity contribution in [1.29, 1.82) is 0 Å². The molecule has 1 aromatic heterocycles. The van der Waals surface area contributed by atoms with Crippen molar-refractivity contribution >= 4 is 22.1 Å². The summed E-state index contributed by atoms with van der Waals surface area (Å²) in [6.45, 7) is 7.29. The number of carbonyl (C=O) groups excluding carboxylic acids is 2. The zero-order chi connectivity index (χ0) is 34.4. The minimum Gasteiger partial charge on any atom is -0.569 e. The number of nitrogens with one attached hydrogen (secondary N) is 1. The number of hydrogen-bond donors (Lipinski definition) is 1. The third kappa shape index (κ3) is 9.32. The lowest BCUT2D eigenvalue weighted by atomic mass is 10.1. The molecule has 1 amide bonds. The van der Waals surface area contributed by atoms with Crippen molar-refractivity contribution in [2.24, 2.45) is 11.2 Å². The molecule has 0 saturated carbocycles. The van der Waals surface area contributed by atoms with E-state index in [1.54, 1.807) is 42.8 Å². The van der Waals surface area contributed by atoms with Crippen LogP contribution in [0.3, 0.4) is 0 Å². The van der Waals surface area contributed by atoms with Crippen molar-refractivity contribution in [1.82, 2.24) is 19.5 Å². The molecule has 2 aromatic carbocycles. The molecular weight excluding hydrogens is 637 g/mol. The van der Waals surface area contributed by atoms with Crippen LogP contribution in [0.25, 0.3) is 16.9 Å². The molecular formula is C28H33F3N6O8S. The van der Waals surface area contributed by atoms with Gasteiger partial charge in [-0.3, -0.25) is 9.63 Å². The lowest BCUT2D eigenvalue weighted by molar-refractivity contribution is -0.716. The summed E-state index contributed by atoms with van der Waals surface area (Å²) in [5.41, 5.74) is 0.488. The number of hydrazine groups is 1. The van der Waals surface area contributed by atoms with Crippen LogP contribution >= 0.6 is 0 Å². The molecule has 18 heteroatoms. The first-order chi connectivity index (χ1) is 21.4. The maximum absolute atomic E-state index is 13.5. The number of nitrogens with zero attached hydrogens (tertiary/aromatic N) is 5. The van der Waals surface area contributed by atoms with Gasteiger partial charge in [0.2, 0.25) is 5.28 Å². The minimum atomic E-state index is -4.72. The number of esters is 1. The van der Waals surface area contributed by atoms with Crippen LogP contribution in [0.1, 0.15) is 39.0 Å². The Balaban J connectivity index is 1.72. The number of alkyl halides is 3. The van der Waals surface area contributed by atoms with Crippen LogP contribution in [0, 0.1) is 18.0 Å². The standard InChI is InChI=1S/C28H33F3N6O8S/c1-17(2)25(35(6)37(40)34-45-20(5)44-19(4)38)16-43-27(39)33-46(41,42)23-13-11-22(12-14-23)36-24(15-26(32-36)28(29,30)31)21-9-7-18(3)8-10-21/h7-15,17,20,25H,16H2,1-6H3,(H,33,39)/b37-34-/t20?,25-/m1/s1. The van der Waals surface area contributed by atoms with Gasteiger partial charge < -0.3 is 14.7 Å². The SMILES string of the molecule is CC(=O)OC(C)O/N=[N+](\[O-])N(C)[C@H](COC(=O)NS(=O)(=O)c1ccc(-n2nc(C(F)(F)F)cc2-c2ccc(C)cc2)cc1)C(C)C. The third-order valence-corrected chi connectivity index (χ3v) is 7.79. The maximum atomic E-state index is 13.5. The number of ether oxygens (including phenoxy) is 2. The summed E-state index contributed by atoms with van der Waals surface area (Å²) in [6.07, 6.45) is -7.21. The van der Waals surface area contributed by atoms with Crippen LogP contribution in [0.2, 0.25) is 0 Å². The highest BCUT2D eigenvalue weighted by Crippen LogP contribution is 2.33. The molecule has 3 aromatic rings. The van der Waals surface area contributed by atoms with Gasteiger partial charge in [-0.05, 0) is 43.2 Å². The summed E-state index contributed by atoms with van der Waals surface area (Å²) in [7, 11) is -3.15. The van der Waals surface area contributed by atoms with E-state index in [1.807, 2.05) is 6.92 Å². The van der Waals surface area contributed by atoms with E-state index >= 15 is 0 Å². The molecule has 1 heterocycles. The van der Waals surface area contributed by atoms with Crippen molar-refractivity contribution in [2.45, 2.75) is 58.0 Å². The van der Waals surface area contributed by atoms with Gasteiger partial charge in [0.15, 0.2) is 5.69 Å². The molecule has 250 valence electrons. The molecule has 1 N–H and O–H groups in total. The Kier molecular flexibility index (Phi) is 11.2. The van der Waals surface area contributed by atoms with E-state index in [1.165, 1.54) is 26.1 Å². The summed E-state index contributed by atoms with van der Waals surface area (Å²) in [5, 5.41) is 20.3. The van der Waals surface area contributed by atoms with Gasteiger partial charge in [0.05, 0.1) is 28.3 Å². The van der Waals surface area contributed by atoms with Crippen LogP contribution in [0.15, 0.2) is 64.8 Å². The van der Waals surface area contributed by atoms with Crippen molar-refractivity contribution < 1.29 is 50.5 Å². The Labute approximate surface area is 262 Å². The Bertz CT molecular complexity index is 1660. The molecule has 0 aliphatic heterocycles. The number of carbonyl (C=O) groups is 2. The Hall–Kier alpha value is -4.87. The van der Waals surface area contributed by atoms with E-state index < -0.39 is 52.9 Å². The quantitative estimate of drug-likeness (QED) is 0.0915. The smallest absolute Gasteiger partial charge is 0.435 e. The summed E-state index contributed by atoms with van der Waals surface area (Å²) in [4.78, 5) is 27.9. The zero-order valence-corrected chi connectivity index (χ0v) is 26.5. The highest BCUT2D eigenvalue weighted by atomic mass is 32.2. The van der Waals surface area contributed by atoms with Gasteiger partial charge in [-0.25, -0.2) is 22.6 Å². The number of aryl methyl sites for hydroxylation is 1. The van der Waals surface area contributed by atoms with Crippen molar-refractivity contribution in [2.75, 3.05) is 13.7 Å². The first-order valence-electron chi connectivity index (χ1n) is 13.7. The average molecular weight is 671 g/mol. The number of benzene rings is 2. The van der Waals surface area contributed by atoms with Crippen molar-refractivity contribution in [3.8, 4) is 16.9 Å². The number of hydrogen-bond acceptors (Lipinski definition) is 10. The van der Waals surface area contributed by atoms with E-state index in [2.05, 4.69) is 10.4 Å². The molecule has 1 unspecified atom stereocenters. The molecule has 46 heavy (non-hydrogen) atoms. The summed E-state index contributed by atoms with van der Waals surface area (Å²) in [6, 6.07) is 11.5. The molecule has 0 aliphatic carbocycles. The van der Waals surface area contributed by atoms with E-state index in [0.717, 1.165) is 40.4 Å². The second kappa shape index (κ2) is 14.5. The fourth-order valence-electron chi connectivity index (χ4n) is 4.05. The maximum Gasteiger partial charge on any atom is 0.435 e. The number of amides is 1. The van der Waals surface area contributed by atoms with Crippen LogP contribution in [-0.2, 0) is 35.3 Å². The Morgan fingerprint density at radius 1 is 1.11 bits per heavy atom. The summed E-state index contributed by atoms with van der Waals surface area (Å²) >= 11 is 0. The monoisotopic (exact) mass is 670 g/mol. The van der Waals surface area contributed by atoms with Crippen molar-refractivity contribution in [3.63, 3.8) is 0 Å². The predicted molar refractivity (Wildman–Crippen MR) is 155 cm³/mol. The van der Waals surface area contributed by atoms with Gasteiger partial charge >= 0.3 is 18.2 Å². The fourth-order valence-corrected chi connectivity index (χ4v) is 4.94. The van der Waals surface area contributed by atoms with Gasteiger partial charge in [0, 0.05) is 19.4 Å². The molecule has 2 atom stereocenters. The first-order valence-corrected chi connectivity index (χ1v) is 15.2.